The third kappa shape index (κ3) is 4.38. The number of ketones is 1. The van der Waals surface area contributed by atoms with E-state index in [0.717, 1.165) is 0 Å². The maximum absolute atomic E-state index is 14.2. The van der Waals surface area contributed by atoms with Crippen LogP contribution in [0, 0.1) is 0 Å². The number of esters is 1. The molecular weight excluding hydrogens is 496 g/mol. The topological polar surface area (TPSA) is 163 Å². The van der Waals surface area contributed by atoms with Gasteiger partial charge in [-0.25, -0.2) is 0 Å². The van der Waals surface area contributed by atoms with Crippen LogP contribution in [-0.2, 0) is 39.0 Å². The van der Waals surface area contributed by atoms with Crippen LogP contribution in [0.1, 0.15) is 32.3 Å². The van der Waals surface area contributed by atoms with Gasteiger partial charge in [0.25, 0.3) is 11.8 Å². The first kappa shape index (κ1) is 29.0. The first-order chi connectivity index (χ1) is 17.9. The Hall–Kier alpha value is -3.61. The Morgan fingerprint density at radius 3 is 2.45 bits per heavy atom. The molecule has 1 aromatic rings. The molecule has 0 saturated carbocycles. The van der Waals surface area contributed by atoms with Crippen LogP contribution in [0.15, 0.2) is 35.9 Å². The van der Waals surface area contributed by atoms with Crippen LogP contribution in [0.25, 0.3) is 0 Å². The van der Waals surface area contributed by atoms with E-state index in [0.29, 0.717) is 5.57 Å². The van der Waals surface area contributed by atoms with Crippen molar-refractivity contribution < 1.29 is 38.6 Å². The molecule has 0 aromatic heterocycles. The molecule has 0 bridgehead atoms. The van der Waals surface area contributed by atoms with Crippen LogP contribution in [0.4, 0.5) is 5.69 Å². The lowest BCUT2D eigenvalue weighted by Gasteiger charge is -2.47. The molecule has 0 spiro atoms. The number of hydrogen-bond acceptors (Lipinski definition) is 9. The normalized spacial score (nSPS) is 26.8. The summed E-state index contributed by atoms with van der Waals surface area (Å²) >= 11 is 0. The Kier molecular flexibility index (Phi) is 8.39. The zero-order chi connectivity index (χ0) is 28.4. The summed E-state index contributed by atoms with van der Waals surface area (Å²) in [7, 11) is 5.22. The number of carbonyl (C=O) groups excluding carboxylic acids is 5. The first-order valence-corrected chi connectivity index (χ1v) is 12.1. The van der Waals surface area contributed by atoms with E-state index in [1.807, 2.05) is 0 Å². The van der Waals surface area contributed by atoms with Gasteiger partial charge in [0.05, 0.1) is 13.2 Å². The van der Waals surface area contributed by atoms with Crippen LogP contribution in [0.3, 0.4) is 0 Å². The molecule has 3 rings (SSSR count). The largest absolute Gasteiger partial charge is 0.469 e. The number of likely N-dealkylation sites (N-methyl/N-ethyl adjacent to an activating group) is 2. The quantitative estimate of drug-likeness (QED) is 0.189. The number of hydrogen-bond donors (Lipinski definition) is 4. The second kappa shape index (κ2) is 11.0. The van der Waals surface area contributed by atoms with E-state index in [-0.39, 0.29) is 24.1 Å². The van der Waals surface area contributed by atoms with E-state index < -0.39 is 58.8 Å². The van der Waals surface area contributed by atoms with Gasteiger partial charge in [0, 0.05) is 31.8 Å². The Bertz CT molecular complexity index is 1180. The summed E-state index contributed by atoms with van der Waals surface area (Å²) in [5.74, 6) is -3.64. The summed E-state index contributed by atoms with van der Waals surface area (Å²) in [6.07, 6.45) is -0.351. The predicted molar refractivity (Wildman–Crippen MR) is 136 cm³/mol. The number of aliphatic hydroxyl groups is 1. The summed E-state index contributed by atoms with van der Waals surface area (Å²) in [5, 5.41) is 20.2. The minimum atomic E-state index is -2.42. The third-order valence-electron chi connectivity index (χ3n) is 7.15. The Morgan fingerprint density at radius 1 is 1.21 bits per heavy atom. The third-order valence-corrected chi connectivity index (χ3v) is 7.15. The molecule has 2 aliphatic rings. The van der Waals surface area contributed by atoms with Gasteiger partial charge in [-0.3, -0.25) is 28.9 Å². The molecule has 3 amide bonds. The molecule has 2 aliphatic heterocycles. The molecule has 1 fully saturated rings. The molecule has 0 unspecified atom stereocenters. The number of fused-ring (bicyclic) bond motifs is 3. The van der Waals surface area contributed by atoms with Gasteiger partial charge >= 0.3 is 5.97 Å². The average molecular weight is 531 g/mol. The number of anilines is 1. The van der Waals surface area contributed by atoms with Crippen LogP contribution in [-0.4, -0.2) is 91.5 Å². The molecule has 2 heterocycles. The summed E-state index contributed by atoms with van der Waals surface area (Å²) in [6.45, 7) is 3.39. The molecule has 4 N–H and O–H groups in total. The number of nitrogens with zero attached hydrogens (tertiary/aromatic N) is 1. The van der Waals surface area contributed by atoms with Crippen molar-refractivity contribution in [3.63, 3.8) is 0 Å². The Labute approximate surface area is 220 Å². The Balaban J connectivity index is 2.20. The van der Waals surface area contributed by atoms with Crippen LogP contribution < -0.4 is 16.0 Å². The minimum absolute atomic E-state index is 0.121. The highest BCUT2D eigenvalue weighted by atomic mass is 16.5. The van der Waals surface area contributed by atoms with Crippen molar-refractivity contribution in [3.8, 4) is 0 Å². The molecule has 206 valence electrons. The van der Waals surface area contributed by atoms with E-state index >= 15 is 0 Å². The second-order valence-corrected chi connectivity index (χ2v) is 9.57. The Morgan fingerprint density at radius 2 is 1.87 bits per heavy atom. The standard InChI is InChI=1S/C26H34N4O8/c1-14(2)13-18(31)17(11-12-19(32)37-5)29-24(35)25-23(34)28-16-10-8-7-9-15(16)26(25,36)21(38-6)20(30(25)4)22(33)27-3/h7-10,13,17,20-21,36H,11-12H2,1-6H3,(H,27,33)(H,28,34)(H,29,35)/t17-,20+,21+,25-,26+/m0/s1. The van der Waals surface area contributed by atoms with Crippen molar-refractivity contribution in [2.75, 3.05) is 33.6 Å². The summed E-state index contributed by atoms with van der Waals surface area (Å²) in [6, 6.07) is 3.87. The fourth-order valence-corrected chi connectivity index (χ4v) is 5.43. The lowest BCUT2D eigenvalue weighted by molar-refractivity contribution is -0.168. The van der Waals surface area contributed by atoms with Gasteiger partial charge in [-0.15, -0.1) is 0 Å². The van der Waals surface area contributed by atoms with Crippen LogP contribution >= 0.6 is 0 Å². The van der Waals surface area contributed by atoms with Gasteiger partial charge in [-0.05, 0) is 39.5 Å². The predicted octanol–water partition coefficient (Wildman–Crippen LogP) is -0.387. The van der Waals surface area contributed by atoms with E-state index in [2.05, 4.69) is 20.7 Å². The van der Waals surface area contributed by atoms with Gasteiger partial charge in [0.1, 0.15) is 12.1 Å². The highest BCUT2D eigenvalue weighted by Crippen LogP contribution is 2.54. The number of benzene rings is 1. The van der Waals surface area contributed by atoms with Gasteiger partial charge in [-0.1, -0.05) is 23.8 Å². The van der Waals surface area contributed by atoms with E-state index in [1.165, 1.54) is 45.4 Å². The summed E-state index contributed by atoms with van der Waals surface area (Å²) < 4.78 is 10.3. The number of nitrogens with one attached hydrogen (secondary N) is 3. The van der Waals surface area contributed by atoms with Crippen LogP contribution in [0.5, 0.6) is 0 Å². The molecular formula is C26H34N4O8. The summed E-state index contributed by atoms with van der Waals surface area (Å²) in [5.41, 5.74) is -3.69. The zero-order valence-corrected chi connectivity index (χ0v) is 22.3. The molecule has 12 nitrogen and oxygen atoms in total. The molecule has 1 saturated heterocycles. The van der Waals surface area contributed by atoms with E-state index in [4.69, 9.17) is 4.74 Å². The molecule has 5 atom stereocenters. The van der Waals surface area contributed by atoms with Crippen molar-refractivity contribution >= 4 is 35.2 Å². The highest BCUT2D eigenvalue weighted by Gasteiger charge is 2.78. The maximum Gasteiger partial charge on any atom is 0.305 e. The van der Waals surface area contributed by atoms with Gasteiger partial charge < -0.3 is 30.5 Å². The van der Waals surface area contributed by atoms with E-state index in [1.54, 1.807) is 32.0 Å². The number of para-hydroxylation sites is 1. The molecule has 0 radical (unpaired) electrons. The molecule has 38 heavy (non-hydrogen) atoms. The zero-order valence-electron chi connectivity index (χ0n) is 22.3. The smallest absolute Gasteiger partial charge is 0.305 e. The number of rotatable bonds is 9. The van der Waals surface area contributed by atoms with Crippen molar-refractivity contribution in [2.45, 2.75) is 56.0 Å². The maximum atomic E-state index is 14.2. The fraction of sp³-hybridized carbons (Fsp3) is 0.500. The van der Waals surface area contributed by atoms with Gasteiger partial charge in [0.2, 0.25) is 11.4 Å². The lowest BCUT2D eigenvalue weighted by Crippen LogP contribution is -2.74. The molecule has 12 heteroatoms. The first-order valence-electron chi connectivity index (χ1n) is 12.1. The number of methoxy groups -OCH3 is 2. The average Bonchev–Trinajstić information content (AvgIpc) is 3.09. The van der Waals surface area contributed by atoms with Crippen molar-refractivity contribution in [1.29, 1.82) is 0 Å². The van der Waals surface area contributed by atoms with Crippen molar-refractivity contribution in [3.05, 3.63) is 41.5 Å². The lowest BCUT2D eigenvalue weighted by atomic mass is 9.69. The molecule has 1 aromatic carbocycles. The van der Waals surface area contributed by atoms with Gasteiger partial charge in [-0.2, -0.15) is 0 Å². The second-order valence-electron chi connectivity index (χ2n) is 9.57. The monoisotopic (exact) mass is 530 g/mol. The number of amides is 3. The number of allylic oxidation sites excluding steroid dienone is 1. The number of carbonyl (C=O) groups is 5. The highest BCUT2D eigenvalue weighted by molar-refractivity contribution is 6.20. The number of ether oxygens (including phenoxy) is 2. The fourth-order valence-electron chi connectivity index (χ4n) is 5.43. The SMILES string of the molecule is CNC(=O)[C@H]1[C@@H](OC)[C@]2(O)c3ccccc3NC(=O)[C@@]2(C(=O)N[C@@H](CCC(=O)OC)C(=O)C=C(C)C)N1C. The van der Waals surface area contributed by atoms with Crippen molar-refractivity contribution in [2.24, 2.45) is 0 Å². The minimum Gasteiger partial charge on any atom is -0.469 e. The van der Waals surface area contributed by atoms with Gasteiger partial charge in [0.15, 0.2) is 11.4 Å². The van der Waals surface area contributed by atoms with Crippen LogP contribution in [0.2, 0.25) is 0 Å². The number of likely N-dealkylation sites (tertiary alicyclic amines) is 1. The van der Waals surface area contributed by atoms with E-state index in [9.17, 15) is 29.1 Å². The summed E-state index contributed by atoms with van der Waals surface area (Å²) in [4.78, 5) is 67.1. The molecule has 0 aliphatic carbocycles. The van der Waals surface area contributed by atoms with Crippen molar-refractivity contribution in [1.82, 2.24) is 15.5 Å².